The molecule has 0 spiro atoms. The number of carboxylic acids is 1. The van der Waals surface area contributed by atoms with Crippen LogP contribution in [0.5, 0.6) is 0 Å². The molecule has 1 saturated carbocycles. The number of carbonyl (C=O) groups is 2. The zero-order chi connectivity index (χ0) is 20.3. The summed E-state index contributed by atoms with van der Waals surface area (Å²) in [5.74, 6) is -1.21. The van der Waals surface area contributed by atoms with Gasteiger partial charge in [-0.25, -0.2) is 9.48 Å². The van der Waals surface area contributed by atoms with Crippen molar-refractivity contribution in [1.82, 2.24) is 20.3 Å². The second-order valence-corrected chi connectivity index (χ2v) is 7.02. The number of benzene rings is 1. The molecule has 2 N–H and O–H groups in total. The summed E-state index contributed by atoms with van der Waals surface area (Å²) < 4.78 is 1.24. The number of carboxylic acid groups (broad SMARTS) is 1. The minimum Gasteiger partial charge on any atom is -0.480 e. The van der Waals surface area contributed by atoms with Gasteiger partial charge >= 0.3 is 5.97 Å². The van der Waals surface area contributed by atoms with Crippen molar-refractivity contribution in [1.29, 1.82) is 0 Å². The third kappa shape index (κ3) is 3.85. The van der Waals surface area contributed by atoms with E-state index in [0.717, 1.165) is 19.3 Å². The van der Waals surface area contributed by atoms with Crippen LogP contribution >= 0.6 is 0 Å². The zero-order valence-corrected chi connectivity index (χ0v) is 15.4. The predicted molar refractivity (Wildman–Crippen MR) is 98.1 cm³/mol. The van der Waals surface area contributed by atoms with E-state index in [4.69, 9.17) is 0 Å². The van der Waals surface area contributed by atoms with E-state index in [-0.39, 0.29) is 11.4 Å². The fourth-order valence-electron chi connectivity index (χ4n) is 3.50. The molecular formula is C18H21N5O5. The number of rotatable bonds is 6. The van der Waals surface area contributed by atoms with E-state index in [9.17, 15) is 24.8 Å². The number of nitro groups is 1. The molecule has 2 aromatic rings. The highest BCUT2D eigenvalue weighted by molar-refractivity contribution is 5.96. The topological polar surface area (TPSA) is 140 Å². The van der Waals surface area contributed by atoms with Gasteiger partial charge in [0.15, 0.2) is 5.69 Å². The third-order valence-electron chi connectivity index (χ3n) is 5.33. The van der Waals surface area contributed by atoms with Crippen LogP contribution in [0.15, 0.2) is 30.5 Å². The molecule has 1 amide bonds. The van der Waals surface area contributed by atoms with E-state index >= 15 is 0 Å². The van der Waals surface area contributed by atoms with Crippen molar-refractivity contribution in [3.63, 3.8) is 0 Å². The lowest BCUT2D eigenvalue weighted by atomic mass is 9.75. The van der Waals surface area contributed by atoms with Crippen LogP contribution in [-0.2, 0) is 4.79 Å². The fourth-order valence-corrected chi connectivity index (χ4v) is 3.50. The minimum absolute atomic E-state index is 0.0512. The van der Waals surface area contributed by atoms with E-state index < -0.39 is 22.3 Å². The second-order valence-electron chi connectivity index (χ2n) is 7.02. The highest BCUT2D eigenvalue weighted by atomic mass is 16.6. The van der Waals surface area contributed by atoms with Crippen molar-refractivity contribution < 1.29 is 19.6 Å². The number of aromatic nitrogens is 3. The molecule has 28 heavy (non-hydrogen) atoms. The zero-order valence-electron chi connectivity index (χ0n) is 15.4. The number of non-ortho nitro benzene ring substituents is 1. The average molecular weight is 387 g/mol. The molecule has 0 aliphatic heterocycles. The Morgan fingerprint density at radius 2 is 2.11 bits per heavy atom. The van der Waals surface area contributed by atoms with Crippen LogP contribution in [-0.4, -0.2) is 42.4 Å². The van der Waals surface area contributed by atoms with Gasteiger partial charge in [-0.2, -0.15) is 0 Å². The Hall–Kier alpha value is -3.30. The highest BCUT2D eigenvalue weighted by Gasteiger charge is 2.43. The van der Waals surface area contributed by atoms with Gasteiger partial charge in [-0.15, -0.1) is 5.10 Å². The van der Waals surface area contributed by atoms with Gasteiger partial charge in [0.2, 0.25) is 0 Å². The van der Waals surface area contributed by atoms with Crippen molar-refractivity contribution in [3.05, 3.63) is 46.3 Å². The number of aliphatic carboxylic acids is 1. The molecule has 0 unspecified atom stereocenters. The van der Waals surface area contributed by atoms with E-state index in [1.165, 1.54) is 29.1 Å². The number of amides is 1. The molecule has 1 aliphatic carbocycles. The first-order valence-electron chi connectivity index (χ1n) is 9.08. The first-order valence-corrected chi connectivity index (χ1v) is 9.08. The summed E-state index contributed by atoms with van der Waals surface area (Å²) in [6, 6.07) is 5.74. The summed E-state index contributed by atoms with van der Waals surface area (Å²) in [4.78, 5) is 34.8. The minimum atomic E-state index is -1.31. The van der Waals surface area contributed by atoms with Crippen molar-refractivity contribution in [2.75, 3.05) is 0 Å². The van der Waals surface area contributed by atoms with E-state index in [2.05, 4.69) is 22.6 Å². The van der Waals surface area contributed by atoms with E-state index in [1.54, 1.807) is 6.07 Å². The Labute approximate surface area is 160 Å². The summed E-state index contributed by atoms with van der Waals surface area (Å²) in [7, 11) is 0. The van der Waals surface area contributed by atoms with Crippen LogP contribution in [0.4, 0.5) is 5.69 Å². The molecule has 1 fully saturated rings. The highest BCUT2D eigenvalue weighted by Crippen LogP contribution is 2.34. The summed E-state index contributed by atoms with van der Waals surface area (Å²) in [6.45, 7) is 2.07. The number of hydrogen-bond acceptors (Lipinski definition) is 6. The average Bonchev–Trinajstić information content (AvgIpc) is 3.19. The lowest BCUT2D eigenvalue weighted by molar-refractivity contribution is -0.384. The molecule has 10 heteroatoms. The maximum Gasteiger partial charge on any atom is 0.329 e. The normalized spacial score (nSPS) is 21.8. The first-order chi connectivity index (χ1) is 13.3. The van der Waals surface area contributed by atoms with Gasteiger partial charge in [-0.05, 0) is 37.7 Å². The van der Waals surface area contributed by atoms with Crippen LogP contribution in [0.3, 0.4) is 0 Å². The van der Waals surface area contributed by atoms with Crippen LogP contribution < -0.4 is 5.32 Å². The molecule has 148 valence electrons. The Morgan fingerprint density at radius 1 is 1.39 bits per heavy atom. The van der Waals surface area contributed by atoms with Gasteiger partial charge < -0.3 is 10.4 Å². The SMILES string of the molecule is CCC1CCC(NC(=O)c2cn(-c3cccc([N+](=O)[O-])c3)nn2)(C(=O)O)CC1. The Morgan fingerprint density at radius 3 is 2.71 bits per heavy atom. The number of nitro benzene ring substituents is 1. The fraction of sp³-hybridized carbons (Fsp3) is 0.444. The van der Waals surface area contributed by atoms with Gasteiger partial charge in [0, 0.05) is 12.1 Å². The van der Waals surface area contributed by atoms with Crippen LogP contribution in [0.25, 0.3) is 5.69 Å². The van der Waals surface area contributed by atoms with Crippen molar-refractivity contribution in [2.45, 2.75) is 44.6 Å². The Kier molecular flexibility index (Phi) is 5.39. The van der Waals surface area contributed by atoms with Gasteiger partial charge in [0.05, 0.1) is 16.8 Å². The molecule has 0 atom stereocenters. The number of nitrogens with zero attached hydrogens (tertiary/aromatic N) is 4. The molecule has 0 saturated heterocycles. The van der Waals surface area contributed by atoms with Gasteiger partial charge in [-0.3, -0.25) is 14.9 Å². The maximum atomic E-state index is 12.6. The molecule has 3 rings (SSSR count). The summed E-state index contributed by atoms with van der Waals surface area (Å²) in [6.07, 6.45) is 4.52. The largest absolute Gasteiger partial charge is 0.480 e. The molecule has 0 bridgehead atoms. The molecule has 1 heterocycles. The first kappa shape index (κ1) is 19.5. The predicted octanol–water partition coefficient (Wildman–Crippen LogP) is 2.33. The summed E-state index contributed by atoms with van der Waals surface area (Å²) in [5, 5.41) is 30.8. The lowest BCUT2D eigenvalue weighted by Gasteiger charge is -2.37. The van der Waals surface area contributed by atoms with Crippen molar-refractivity contribution in [3.8, 4) is 5.69 Å². The summed E-state index contributed by atoms with van der Waals surface area (Å²) in [5.41, 5.74) is -1.10. The lowest BCUT2D eigenvalue weighted by Crippen LogP contribution is -2.56. The van der Waals surface area contributed by atoms with E-state index in [0.29, 0.717) is 24.4 Å². The second kappa shape index (κ2) is 7.75. The molecule has 1 aromatic heterocycles. The van der Waals surface area contributed by atoms with Crippen LogP contribution in [0, 0.1) is 16.0 Å². The summed E-state index contributed by atoms with van der Waals surface area (Å²) >= 11 is 0. The molecule has 1 aromatic carbocycles. The maximum absolute atomic E-state index is 12.6. The standard InChI is InChI=1S/C18H21N5O5/c1-2-12-6-8-18(9-7-12,17(25)26)19-16(24)15-11-22(21-20-15)13-4-3-5-14(10-13)23(27)28/h3-5,10-12H,2,6-9H2,1H3,(H,19,24)(H,25,26). The van der Waals surface area contributed by atoms with Gasteiger partial charge in [-0.1, -0.05) is 24.6 Å². The Balaban J connectivity index is 1.77. The quantitative estimate of drug-likeness (QED) is 0.572. The van der Waals surface area contributed by atoms with Crippen molar-refractivity contribution in [2.24, 2.45) is 5.92 Å². The number of carbonyl (C=O) groups excluding carboxylic acids is 1. The third-order valence-corrected chi connectivity index (χ3v) is 5.33. The smallest absolute Gasteiger partial charge is 0.329 e. The Bertz CT molecular complexity index is 901. The van der Waals surface area contributed by atoms with Crippen molar-refractivity contribution >= 4 is 17.6 Å². The molecule has 1 aliphatic rings. The number of hydrogen-bond donors (Lipinski definition) is 2. The molecule has 0 radical (unpaired) electrons. The van der Waals surface area contributed by atoms with Crippen LogP contribution in [0.1, 0.15) is 49.5 Å². The monoisotopic (exact) mass is 387 g/mol. The van der Waals surface area contributed by atoms with Gasteiger partial charge in [0.1, 0.15) is 5.54 Å². The number of nitrogens with one attached hydrogen (secondary N) is 1. The van der Waals surface area contributed by atoms with Crippen LogP contribution in [0.2, 0.25) is 0 Å². The molecular weight excluding hydrogens is 366 g/mol. The van der Waals surface area contributed by atoms with Gasteiger partial charge in [0.25, 0.3) is 11.6 Å². The van der Waals surface area contributed by atoms with E-state index in [1.807, 2.05) is 0 Å². The molecule has 10 nitrogen and oxygen atoms in total.